The third kappa shape index (κ3) is 19.9. The number of nitrogens with zero attached hydrogens (tertiary/aromatic N) is 1. The number of alkyl carbamates (subject to hydrolysis) is 1. The van der Waals surface area contributed by atoms with E-state index < -0.39 is 5.60 Å². The van der Waals surface area contributed by atoms with E-state index in [1.807, 2.05) is 20.8 Å². The minimum Gasteiger partial charge on any atom is -0.444 e. The average Bonchev–Trinajstić information content (AvgIpc) is 2.61. The smallest absolute Gasteiger partial charge is 0.407 e. The minimum atomic E-state index is -0.467. The van der Waals surface area contributed by atoms with Gasteiger partial charge in [-0.05, 0) is 59.5 Å². The van der Waals surface area contributed by atoms with Gasteiger partial charge < -0.3 is 29.5 Å². The van der Waals surface area contributed by atoms with Crippen LogP contribution < -0.4 is 5.32 Å². The summed E-state index contributed by atoms with van der Waals surface area (Å²) in [6.45, 7) is 10.4. The number of unbranched alkanes of at least 4 members (excludes halogenated alkanes) is 6. The van der Waals surface area contributed by atoms with Gasteiger partial charge in [0, 0.05) is 33.4 Å². The van der Waals surface area contributed by atoms with E-state index in [0.29, 0.717) is 13.2 Å². The number of hydrogen-bond donors (Lipinski definition) is 2. The van der Waals surface area contributed by atoms with Crippen molar-refractivity contribution in [2.75, 3.05) is 53.3 Å². The molecule has 0 spiro atoms. The lowest BCUT2D eigenvalue weighted by molar-refractivity contribution is -0.00287. The second-order valence-corrected chi connectivity index (χ2v) is 8.13. The average molecular weight is 405 g/mol. The van der Waals surface area contributed by atoms with Crippen LogP contribution in [0.5, 0.6) is 0 Å². The first-order chi connectivity index (χ1) is 13.4. The quantitative estimate of drug-likeness (QED) is 0.269. The molecule has 28 heavy (non-hydrogen) atoms. The molecule has 0 saturated carbocycles. The number of aliphatic hydroxyl groups excluding tert-OH is 1. The Kier molecular flexibility index (Phi) is 17.6. The fraction of sp³-hybridized carbons (Fsp3) is 0.952. The number of ether oxygens (including phenoxy) is 3. The largest absolute Gasteiger partial charge is 0.444 e. The summed E-state index contributed by atoms with van der Waals surface area (Å²) in [6, 6.07) is 0. The van der Waals surface area contributed by atoms with Crippen molar-refractivity contribution < 1.29 is 24.1 Å². The zero-order valence-corrected chi connectivity index (χ0v) is 18.6. The summed E-state index contributed by atoms with van der Waals surface area (Å²) in [4.78, 5) is 14.2. The van der Waals surface area contributed by atoms with Gasteiger partial charge in [0.15, 0.2) is 0 Å². The lowest BCUT2D eigenvalue weighted by Crippen LogP contribution is -2.38. The summed E-state index contributed by atoms with van der Waals surface area (Å²) in [7, 11) is 1.75. The fourth-order valence-electron chi connectivity index (χ4n) is 2.86. The fourth-order valence-corrected chi connectivity index (χ4v) is 2.86. The van der Waals surface area contributed by atoms with Crippen molar-refractivity contribution in [1.82, 2.24) is 10.2 Å². The maximum absolute atomic E-state index is 11.8. The number of carbonyl (C=O) groups excluding carboxylic acids is 1. The minimum absolute atomic E-state index is 0.192. The first kappa shape index (κ1) is 27.1. The molecule has 0 aromatic carbocycles. The van der Waals surface area contributed by atoms with Crippen LogP contribution in [-0.2, 0) is 14.2 Å². The zero-order chi connectivity index (χ0) is 21.1. The first-order valence-corrected chi connectivity index (χ1v) is 10.8. The van der Waals surface area contributed by atoms with E-state index >= 15 is 0 Å². The number of amides is 1. The maximum Gasteiger partial charge on any atom is 0.407 e. The van der Waals surface area contributed by atoms with Crippen LogP contribution in [0.1, 0.15) is 72.1 Å². The lowest BCUT2D eigenvalue weighted by atomic mass is 10.1. The van der Waals surface area contributed by atoms with Crippen molar-refractivity contribution >= 4 is 6.09 Å². The van der Waals surface area contributed by atoms with Gasteiger partial charge in [0.2, 0.25) is 0 Å². The molecule has 0 bridgehead atoms. The molecule has 7 nitrogen and oxygen atoms in total. The molecule has 0 fully saturated rings. The molecule has 0 aromatic heterocycles. The molecule has 0 saturated heterocycles. The van der Waals surface area contributed by atoms with Gasteiger partial charge in [-0.25, -0.2) is 4.79 Å². The van der Waals surface area contributed by atoms with Crippen LogP contribution in [-0.4, -0.2) is 75.0 Å². The molecule has 0 rings (SSSR count). The topological polar surface area (TPSA) is 80.3 Å². The standard InChI is InChI=1S/C21H44N2O5/c1-21(2,3)28-20(25)22-13-16-23(14-9-5-7-11-17-26-4)15-10-6-8-12-18-27-19-24/h24H,5-19H2,1-4H3,(H,22,25). The number of carbonyl (C=O) groups is 1. The maximum atomic E-state index is 11.8. The van der Waals surface area contributed by atoms with E-state index in [1.165, 1.54) is 19.3 Å². The Hall–Kier alpha value is -0.890. The summed E-state index contributed by atoms with van der Waals surface area (Å²) >= 11 is 0. The van der Waals surface area contributed by atoms with Crippen molar-refractivity contribution in [3.63, 3.8) is 0 Å². The molecule has 168 valence electrons. The van der Waals surface area contributed by atoms with Crippen molar-refractivity contribution in [3.05, 3.63) is 0 Å². The first-order valence-electron chi connectivity index (χ1n) is 10.8. The Bertz CT molecular complexity index is 361. The van der Waals surface area contributed by atoms with E-state index in [9.17, 15) is 4.79 Å². The molecule has 2 N–H and O–H groups in total. The third-order valence-corrected chi connectivity index (χ3v) is 4.27. The van der Waals surface area contributed by atoms with E-state index in [0.717, 1.165) is 58.3 Å². The normalized spacial score (nSPS) is 11.8. The van der Waals surface area contributed by atoms with Gasteiger partial charge in [-0.1, -0.05) is 25.7 Å². The summed E-state index contributed by atoms with van der Waals surface area (Å²) in [5.74, 6) is 0. The van der Waals surface area contributed by atoms with Gasteiger partial charge in [-0.15, -0.1) is 0 Å². The second kappa shape index (κ2) is 18.2. The highest BCUT2D eigenvalue weighted by atomic mass is 16.6. The molecule has 0 aliphatic rings. The third-order valence-electron chi connectivity index (χ3n) is 4.27. The van der Waals surface area contributed by atoms with Gasteiger partial charge in [0.25, 0.3) is 0 Å². The number of rotatable bonds is 18. The van der Waals surface area contributed by atoms with Gasteiger partial charge in [-0.2, -0.15) is 0 Å². The molecule has 0 radical (unpaired) electrons. The van der Waals surface area contributed by atoms with E-state index in [-0.39, 0.29) is 12.9 Å². The Labute approximate surface area is 172 Å². The summed E-state index contributed by atoms with van der Waals surface area (Å²) in [5, 5.41) is 11.5. The van der Waals surface area contributed by atoms with E-state index in [4.69, 9.17) is 19.3 Å². The Balaban J connectivity index is 4.04. The molecule has 0 aliphatic carbocycles. The van der Waals surface area contributed by atoms with Crippen LogP contribution in [0.25, 0.3) is 0 Å². The van der Waals surface area contributed by atoms with Crippen molar-refractivity contribution in [2.24, 2.45) is 0 Å². The van der Waals surface area contributed by atoms with Crippen LogP contribution in [0.2, 0.25) is 0 Å². The van der Waals surface area contributed by atoms with Crippen molar-refractivity contribution in [2.45, 2.75) is 77.7 Å². The molecule has 0 atom stereocenters. The Morgan fingerprint density at radius 1 is 0.893 bits per heavy atom. The molecular formula is C21H44N2O5. The lowest BCUT2D eigenvalue weighted by Gasteiger charge is -2.24. The van der Waals surface area contributed by atoms with Gasteiger partial charge in [-0.3, -0.25) is 0 Å². The predicted octanol–water partition coefficient (Wildman–Crippen LogP) is 3.55. The number of nitrogens with one attached hydrogen (secondary N) is 1. The zero-order valence-electron chi connectivity index (χ0n) is 18.6. The van der Waals surface area contributed by atoms with E-state index in [2.05, 4.69) is 10.2 Å². The van der Waals surface area contributed by atoms with Crippen LogP contribution >= 0.6 is 0 Å². The van der Waals surface area contributed by atoms with Crippen LogP contribution in [0.4, 0.5) is 4.79 Å². The second-order valence-electron chi connectivity index (χ2n) is 8.13. The monoisotopic (exact) mass is 404 g/mol. The molecule has 0 heterocycles. The summed E-state index contributed by atoms with van der Waals surface area (Å²) < 4.78 is 15.3. The predicted molar refractivity (Wildman–Crippen MR) is 113 cm³/mol. The van der Waals surface area contributed by atoms with Gasteiger partial charge >= 0.3 is 6.09 Å². The highest BCUT2D eigenvalue weighted by Crippen LogP contribution is 2.07. The molecule has 1 amide bonds. The highest BCUT2D eigenvalue weighted by molar-refractivity contribution is 5.67. The molecular weight excluding hydrogens is 360 g/mol. The summed E-state index contributed by atoms with van der Waals surface area (Å²) in [6.07, 6.45) is 8.72. The number of methoxy groups -OCH3 is 1. The number of aliphatic hydroxyl groups is 1. The SMILES string of the molecule is COCCCCCCN(CCCCCCOCO)CCNC(=O)OC(C)(C)C. The van der Waals surface area contributed by atoms with Crippen LogP contribution in [0, 0.1) is 0 Å². The van der Waals surface area contributed by atoms with Gasteiger partial charge in [0.05, 0.1) is 0 Å². The van der Waals surface area contributed by atoms with E-state index in [1.54, 1.807) is 7.11 Å². The molecule has 0 unspecified atom stereocenters. The molecule has 7 heteroatoms. The Morgan fingerprint density at radius 3 is 2.00 bits per heavy atom. The van der Waals surface area contributed by atoms with Gasteiger partial charge in [0.1, 0.15) is 12.4 Å². The number of hydrogen-bond acceptors (Lipinski definition) is 6. The van der Waals surface area contributed by atoms with Crippen LogP contribution in [0.3, 0.4) is 0 Å². The highest BCUT2D eigenvalue weighted by Gasteiger charge is 2.15. The van der Waals surface area contributed by atoms with Crippen molar-refractivity contribution in [3.8, 4) is 0 Å². The van der Waals surface area contributed by atoms with Crippen molar-refractivity contribution in [1.29, 1.82) is 0 Å². The molecule has 0 aliphatic heterocycles. The summed E-state index contributed by atoms with van der Waals surface area (Å²) in [5.41, 5.74) is -0.467. The molecule has 0 aromatic rings. The van der Waals surface area contributed by atoms with Crippen LogP contribution in [0.15, 0.2) is 0 Å². The Morgan fingerprint density at radius 2 is 1.46 bits per heavy atom.